The zero-order valence-corrected chi connectivity index (χ0v) is 13.0. The number of aromatic nitrogens is 2. The highest BCUT2D eigenvalue weighted by molar-refractivity contribution is 6.30. The molecular formula is C16H15ClFN3O2. The Kier molecular flexibility index (Phi) is 4.71. The number of benzene rings is 1. The van der Waals surface area contributed by atoms with Gasteiger partial charge in [0.2, 0.25) is 5.91 Å². The summed E-state index contributed by atoms with van der Waals surface area (Å²) in [6.07, 6.45) is 3.78. The van der Waals surface area contributed by atoms with E-state index in [1.165, 1.54) is 24.5 Å². The molecule has 1 aliphatic heterocycles. The van der Waals surface area contributed by atoms with Crippen LogP contribution in [0.15, 0.2) is 36.7 Å². The summed E-state index contributed by atoms with van der Waals surface area (Å²) in [6.45, 7) is 1.12. The van der Waals surface area contributed by atoms with Gasteiger partial charge in [-0.1, -0.05) is 23.7 Å². The molecule has 7 heteroatoms. The first kappa shape index (κ1) is 15.7. The van der Waals surface area contributed by atoms with Gasteiger partial charge in [-0.3, -0.25) is 4.79 Å². The smallest absolute Gasteiger partial charge is 0.316 e. The van der Waals surface area contributed by atoms with Crippen LogP contribution in [0.25, 0.3) is 0 Å². The van der Waals surface area contributed by atoms with Crippen LogP contribution in [-0.2, 0) is 11.2 Å². The predicted octanol–water partition coefficient (Wildman–Crippen LogP) is 2.49. The van der Waals surface area contributed by atoms with Crippen LogP contribution in [0.4, 0.5) is 4.39 Å². The molecule has 0 spiro atoms. The van der Waals surface area contributed by atoms with E-state index in [4.69, 9.17) is 16.3 Å². The van der Waals surface area contributed by atoms with Crippen molar-refractivity contribution < 1.29 is 13.9 Å². The van der Waals surface area contributed by atoms with Crippen molar-refractivity contribution in [2.45, 2.75) is 18.9 Å². The van der Waals surface area contributed by atoms with Gasteiger partial charge in [0.05, 0.1) is 30.4 Å². The van der Waals surface area contributed by atoms with E-state index >= 15 is 0 Å². The Labute approximate surface area is 138 Å². The van der Waals surface area contributed by atoms with Gasteiger partial charge in [0.15, 0.2) is 0 Å². The van der Waals surface area contributed by atoms with Crippen molar-refractivity contribution in [3.8, 4) is 6.01 Å². The van der Waals surface area contributed by atoms with Crippen molar-refractivity contribution >= 4 is 17.5 Å². The number of likely N-dealkylation sites (tertiary alicyclic amines) is 1. The molecule has 0 radical (unpaired) electrons. The summed E-state index contributed by atoms with van der Waals surface area (Å²) in [5.41, 5.74) is 0.793. The zero-order chi connectivity index (χ0) is 16.2. The molecule has 0 N–H and O–H groups in total. The number of carbonyl (C=O) groups is 1. The fourth-order valence-electron chi connectivity index (χ4n) is 2.45. The quantitative estimate of drug-likeness (QED) is 0.861. The molecule has 2 heterocycles. The monoisotopic (exact) mass is 335 g/mol. The molecule has 1 atom stereocenters. The van der Waals surface area contributed by atoms with Gasteiger partial charge in [-0.15, -0.1) is 0 Å². The zero-order valence-electron chi connectivity index (χ0n) is 12.3. The molecule has 5 nitrogen and oxygen atoms in total. The molecule has 1 fully saturated rings. The van der Waals surface area contributed by atoms with E-state index in [0.717, 1.165) is 12.0 Å². The second-order valence-corrected chi connectivity index (χ2v) is 5.79. The number of amides is 1. The number of ether oxygens (including phenoxy) is 1. The Hall–Kier alpha value is -2.21. The number of hydrogen-bond donors (Lipinski definition) is 0. The van der Waals surface area contributed by atoms with E-state index in [9.17, 15) is 9.18 Å². The molecular weight excluding hydrogens is 321 g/mol. The van der Waals surface area contributed by atoms with Crippen molar-refractivity contribution in [2.75, 3.05) is 13.1 Å². The Balaban J connectivity index is 1.53. The minimum absolute atomic E-state index is 0.000248. The summed E-state index contributed by atoms with van der Waals surface area (Å²) >= 11 is 5.72. The fourth-order valence-corrected chi connectivity index (χ4v) is 2.55. The molecule has 0 bridgehead atoms. The van der Waals surface area contributed by atoms with Gasteiger partial charge in [-0.25, -0.2) is 14.4 Å². The first-order valence-corrected chi connectivity index (χ1v) is 7.64. The SMILES string of the molecule is O=C(Cc1ccc(F)cc1)N1CC[C@@H](Oc2ncc(Cl)cn2)C1. The normalized spacial score (nSPS) is 17.3. The van der Waals surface area contributed by atoms with E-state index in [1.807, 2.05) is 0 Å². The number of rotatable bonds is 4. The summed E-state index contributed by atoms with van der Waals surface area (Å²) in [5.74, 6) is -0.307. The molecule has 0 saturated carbocycles. The van der Waals surface area contributed by atoms with Crippen LogP contribution < -0.4 is 4.74 Å². The third-order valence-corrected chi connectivity index (χ3v) is 3.83. The van der Waals surface area contributed by atoms with Gasteiger partial charge in [-0.2, -0.15) is 0 Å². The van der Waals surface area contributed by atoms with Crippen LogP contribution in [-0.4, -0.2) is 40.0 Å². The number of carbonyl (C=O) groups excluding carboxylic acids is 1. The van der Waals surface area contributed by atoms with Crippen molar-refractivity contribution in [3.05, 3.63) is 53.1 Å². The average molecular weight is 336 g/mol. The third kappa shape index (κ3) is 4.16. The van der Waals surface area contributed by atoms with Crippen molar-refractivity contribution in [3.63, 3.8) is 0 Å². The van der Waals surface area contributed by atoms with Crippen LogP contribution in [0.5, 0.6) is 6.01 Å². The van der Waals surface area contributed by atoms with Gasteiger partial charge in [0.25, 0.3) is 0 Å². The Morgan fingerprint density at radius 1 is 1.30 bits per heavy atom. The van der Waals surface area contributed by atoms with Gasteiger partial charge in [0.1, 0.15) is 11.9 Å². The minimum Gasteiger partial charge on any atom is -0.458 e. The lowest BCUT2D eigenvalue weighted by molar-refractivity contribution is -0.129. The highest BCUT2D eigenvalue weighted by Crippen LogP contribution is 2.17. The molecule has 0 aliphatic carbocycles. The molecule has 0 unspecified atom stereocenters. The third-order valence-electron chi connectivity index (χ3n) is 3.64. The molecule has 23 heavy (non-hydrogen) atoms. The molecule has 120 valence electrons. The molecule has 1 aromatic heterocycles. The lowest BCUT2D eigenvalue weighted by atomic mass is 10.1. The van der Waals surface area contributed by atoms with Gasteiger partial charge in [-0.05, 0) is 17.7 Å². The highest BCUT2D eigenvalue weighted by Gasteiger charge is 2.28. The summed E-state index contributed by atoms with van der Waals surface area (Å²) in [7, 11) is 0. The van der Waals surface area contributed by atoms with Crippen LogP contribution >= 0.6 is 11.6 Å². The molecule has 1 aromatic carbocycles. The highest BCUT2D eigenvalue weighted by atomic mass is 35.5. The number of hydrogen-bond acceptors (Lipinski definition) is 4. The van der Waals surface area contributed by atoms with Gasteiger partial charge < -0.3 is 9.64 Å². The molecule has 2 aromatic rings. The maximum atomic E-state index is 12.9. The topological polar surface area (TPSA) is 55.3 Å². The van der Waals surface area contributed by atoms with E-state index in [0.29, 0.717) is 18.1 Å². The van der Waals surface area contributed by atoms with Crippen LogP contribution in [0.2, 0.25) is 5.02 Å². The second kappa shape index (κ2) is 6.91. The van der Waals surface area contributed by atoms with Crippen LogP contribution in [0, 0.1) is 5.82 Å². The van der Waals surface area contributed by atoms with Gasteiger partial charge in [0, 0.05) is 13.0 Å². The Bertz CT molecular complexity index is 679. The Morgan fingerprint density at radius 2 is 2.00 bits per heavy atom. The Morgan fingerprint density at radius 3 is 2.70 bits per heavy atom. The summed E-state index contributed by atoms with van der Waals surface area (Å²) in [5, 5.41) is 0.444. The van der Waals surface area contributed by atoms with Crippen LogP contribution in [0.1, 0.15) is 12.0 Å². The van der Waals surface area contributed by atoms with Crippen molar-refractivity contribution in [1.82, 2.24) is 14.9 Å². The lowest BCUT2D eigenvalue weighted by Crippen LogP contribution is -2.32. The largest absolute Gasteiger partial charge is 0.458 e. The minimum atomic E-state index is -0.307. The molecule has 3 rings (SSSR count). The molecule has 1 saturated heterocycles. The molecule has 1 aliphatic rings. The first-order chi connectivity index (χ1) is 11.1. The first-order valence-electron chi connectivity index (χ1n) is 7.26. The maximum Gasteiger partial charge on any atom is 0.316 e. The number of halogens is 2. The van der Waals surface area contributed by atoms with Crippen molar-refractivity contribution in [2.24, 2.45) is 0 Å². The average Bonchev–Trinajstić information content (AvgIpc) is 3.00. The van der Waals surface area contributed by atoms with E-state index < -0.39 is 0 Å². The fraction of sp³-hybridized carbons (Fsp3) is 0.312. The second-order valence-electron chi connectivity index (χ2n) is 5.36. The summed E-state index contributed by atoms with van der Waals surface area (Å²) in [6, 6.07) is 6.22. The lowest BCUT2D eigenvalue weighted by Gasteiger charge is -2.16. The van der Waals surface area contributed by atoms with Crippen LogP contribution in [0.3, 0.4) is 0 Å². The predicted molar refractivity (Wildman–Crippen MR) is 82.8 cm³/mol. The van der Waals surface area contributed by atoms with E-state index in [2.05, 4.69) is 9.97 Å². The maximum absolute atomic E-state index is 12.9. The molecule has 1 amide bonds. The van der Waals surface area contributed by atoms with Gasteiger partial charge >= 0.3 is 6.01 Å². The van der Waals surface area contributed by atoms with Crippen molar-refractivity contribution in [1.29, 1.82) is 0 Å². The standard InChI is InChI=1S/C16H15ClFN3O2/c17-12-8-19-16(20-9-12)23-14-5-6-21(10-14)15(22)7-11-1-3-13(18)4-2-11/h1-4,8-9,14H,5-7,10H2/t14-/m1/s1. The van der Waals surface area contributed by atoms with E-state index in [-0.39, 0.29) is 30.3 Å². The number of nitrogens with zero attached hydrogens (tertiary/aromatic N) is 3. The summed E-state index contributed by atoms with van der Waals surface area (Å²) in [4.78, 5) is 22.0. The summed E-state index contributed by atoms with van der Waals surface area (Å²) < 4.78 is 18.5. The van der Waals surface area contributed by atoms with E-state index in [1.54, 1.807) is 17.0 Å².